The standard InChI is InChI=1S/C15H13N3O4/c1-22-11-4-2-9(3-5-11)12-8-13-16-10(7-15(20)21)6-14(19)18(13)17-12/h2-6,8,17H,7H2,1H3,(H,20,21). The highest BCUT2D eigenvalue weighted by Crippen LogP contribution is 2.21. The third kappa shape index (κ3) is 2.56. The molecule has 7 nitrogen and oxygen atoms in total. The van der Waals surface area contributed by atoms with Gasteiger partial charge in [-0.1, -0.05) is 0 Å². The number of carboxylic acids is 1. The average Bonchev–Trinajstić information content (AvgIpc) is 2.91. The van der Waals surface area contributed by atoms with Gasteiger partial charge in [0.15, 0.2) is 5.65 Å². The Morgan fingerprint density at radius 3 is 2.68 bits per heavy atom. The molecule has 112 valence electrons. The maximum atomic E-state index is 12.0. The van der Waals surface area contributed by atoms with E-state index in [9.17, 15) is 9.59 Å². The number of aromatic nitrogens is 3. The smallest absolute Gasteiger partial charge is 0.309 e. The number of aromatic amines is 1. The van der Waals surface area contributed by atoms with Gasteiger partial charge in [0.05, 0.1) is 24.9 Å². The first kappa shape index (κ1) is 13.9. The Hall–Kier alpha value is -3.09. The summed E-state index contributed by atoms with van der Waals surface area (Å²) < 4.78 is 6.39. The number of H-pyrrole nitrogens is 1. The summed E-state index contributed by atoms with van der Waals surface area (Å²) in [6, 6.07) is 10.3. The molecule has 0 saturated carbocycles. The van der Waals surface area contributed by atoms with E-state index in [4.69, 9.17) is 9.84 Å². The number of carboxylic acid groups (broad SMARTS) is 1. The van der Waals surface area contributed by atoms with E-state index in [1.54, 1.807) is 13.2 Å². The number of benzene rings is 1. The number of ether oxygens (including phenoxy) is 1. The van der Waals surface area contributed by atoms with Crippen molar-refractivity contribution in [2.45, 2.75) is 6.42 Å². The Labute approximate surface area is 124 Å². The molecule has 2 heterocycles. The maximum absolute atomic E-state index is 12.0. The number of hydrogen-bond acceptors (Lipinski definition) is 4. The fraction of sp³-hybridized carbons (Fsp3) is 0.133. The second kappa shape index (κ2) is 5.36. The molecule has 0 radical (unpaired) electrons. The molecule has 3 aromatic rings. The zero-order valence-corrected chi connectivity index (χ0v) is 11.7. The van der Waals surface area contributed by atoms with Crippen LogP contribution in [0.2, 0.25) is 0 Å². The van der Waals surface area contributed by atoms with Gasteiger partial charge in [0.25, 0.3) is 5.56 Å². The molecule has 2 aromatic heterocycles. The monoisotopic (exact) mass is 299 g/mol. The van der Waals surface area contributed by atoms with Crippen molar-refractivity contribution >= 4 is 11.6 Å². The first-order chi connectivity index (χ1) is 10.6. The van der Waals surface area contributed by atoms with Crippen molar-refractivity contribution in [1.82, 2.24) is 14.6 Å². The van der Waals surface area contributed by atoms with E-state index in [-0.39, 0.29) is 17.7 Å². The number of nitrogens with zero attached hydrogens (tertiary/aromatic N) is 2. The molecule has 0 aliphatic carbocycles. The zero-order valence-electron chi connectivity index (χ0n) is 11.7. The van der Waals surface area contributed by atoms with Crippen LogP contribution < -0.4 is 10.3 Å². The second-order valence-corrected chi connectivity index (χ2v) is 4.75. The van der Waals surface area contributed by atoms with E-state index in [2.05, 4.69) is 10.1 Å². The average molecular weight is 299 g/mol. The SMILES string of the molecule is COc1ccc(-c2cc3nc(CC(=O)O)cc(=O)n3[nH]2)cc1. The lowest BCUT2D eigenvalue weighted by atomic mass is 10.1. The highest BCUT2D eigenvalue weighted by molar-refractivity contribution is 5.70. The first-order valence-corrected chi connectivity index (χ1v) is 6.55. The number of fused-ring (bicyclic) bond motifs is 1. The second-order valence-electron chi connectivity index (χ2n) is 4.75. The third-order valence-corrected chi connectivity index (χ3v) is 3.24. The number of nitrogens with one attached hydrogen (secondary N) is 1. The van der Waals surface area contributed by atoms with Crippen LogP contribution in [0, 0.1) is 0 Å². The van der Waals surface area contributed by atoms with Crippen molar-refractivity contribution in [1.29, 1.82) is 0 Å². The Morgan fingerprint density at radius 1 is 1.32 bits per heavy atom. The molecular formula is C15H13N3O4. The zero-order chi connectivity index (χ0) is 15.7. The van der Waals surface area contributed by atoms with Crippen molar-refractivity contribution in [3.63, 3.8) is 0 Å². The topological polar surface area (TPSA) is 96.7 Å². The predicted octanol–water partition coefficient (Wildman–Crippen LogP) is 1.33. The van der Waals surface area contributed by atoms with Crippen LogP contribution in [-0.2, 0) is 11.2 Å². The Balaban J connectivity index is 2.06. The van der Waals surface area contributed by atoms with Gasteiger partial charge in [0.2, 0.25) is 0 Å². The van der Waals surface area contributed by atoms with E-state index in [0.717, 1.165) is 11.3 Å². The van der Waals surface area contributed by atoms with Gasteiger partial charge in [-0.3, -0.25) is 14.7 Å². The number of carbonyl (C=O) groups is 1. The molecule has 22 heavy (non-hydrogen) atoms. The van der Waals surface area contributed by atoms with E-state index in [1.807, 2.05) is 24.3 Å². The lowest BCUT2D eigenvalue weighted by molar-refractivity contribution is -0.136. The molecule has 3 rings (SSSR count). The molecule has 0 saturated heterocycles. The van der Waals surface area contributed by atoms with Crippen molar-refractivity contribution in [2.24, 2.45) is 0 Å². The molecule has 0 aliphatic heterocycles. The lowest BCUT2D eigenvalue weighted by Crippen LogP contribution is -2.16. The molecule has 0 unspecified atom stereocenters. The minimum atomic E-state index is -1.03. The van der Waals surface area contributed by atoms with Crippen LogP contribution in [0.15, 0.2) is 41.2 Å². The highest BCUT2D eigenvalue weighted by atomic mass is 16.5. The van der Waals surface area contributed by atoms with Crippen LogP contribution in [-0.4, -0.2) is 32.8 Å². The molecule has 0 aliphatic rings. The lowest BCUT2D eigenvalue weighted by Gasteiger charge is -2.00. The van der Waals surface area contributed by atoms with Gasteiger partial charge in [-0.2, -0.15) is 0 Å². The molecule has 0 spiro atoms. The van der Waals surface area contributed by atoms with Crippen molar-refractivity contribution < 1.29 is 14.6 Å². The molecule has 1 aromatic carbocycles. The van der Waals surface area contributed by atoms with Crippen molar-refractivity contribution in [2.75, 3.05) is 7.11 Å². The van der Waals surface area contributed by atoms with Gasteiger partial charge < -0.3 is 9.84 Å². The minimum absolute atomic E-state index is 0.234. The van der Waals surface area contributed by atoms with Crippen LogP contribution in [0.25, 0.3) is 16.9 Å². The minimum Gasteiger partial charge on any atom is -0.497 e. The summed E-state index contributed by atoms with van der Waals surface area (Å²) >= 11 is 0. The molecule has 0 amide bonds. The summed E-state index contributed by atoms with van der Waals surface area (Å²) in [6.07, 6.45) is -0.283. The number of hydrogen-bond donors (Lipinski definition) is 2. The Bertz CT molecular complexity index is 893. The Morgan fingerprint density at radius 2 is 2.05 bits per heavy atom. The summed E-state index contributed by atoms with van der Waals surface area (Å²) in [6.45, 7) is 0. The van der Waals surface area contributed by atoms with Crippen LogP contribution in [0.4, 0.5) is 0 Å². The predicted molar refractivity (Wildman–Crippen MR) is 79.1 cm³/mol. The van der Waals surface area contributed by atoms with Crippen LogP contribution in [0.5, 0.6) is 5.75 Å². The van der Waals surface area contributed by atoms with Crippen LogP contribution in [0.3, 0.4) is 0 Å². The normalized spacial score (nSPS) is 10.8. The molecule has 7 heteroatoms. The van der Waals surface area contributed by atoms with Gasteiger partial charge in [-0.25, -0.2) is 9.50 Å². The third-order valence-electron chi connectivity index (χ3n) is 3.24. The van der Waals surface area contributed by atoms with Gasteiger partial charge >= 0.3 is 5.97 Å². The van der Waals surface area contributed by atoms with Gasteiger partial charge in [0.1, 0.15) is 5.75 Å². The van der Waals surface area contributed by atoms with Gasteiger partial charge in [0, 0.05) is 12.1 Å². The summed E-state index contributed by atoms with van der Waals surface area (Å²) in [5.41, 5.74) is 1.85. The molecule has 0 bridgehead atoms. The largest absolute Gasteiger partial charge is 0.497 e. The highest BCUT2D eigenvalue weighted by Gasteiger charge is 2.10. The fourth-order valence-electron chi connectivity index (χ4n) is 2.20. The molecular weight excluding hydrogens is 286 g/mol. The summed E-state index contributed by atoms with van der Waals surface area (Å²) in [4.78, 5) is 26.9. The first-order valence-electron chi connectivity index (χ1n) is 6.55. The van der Waals surface area contributed by atoms with E-state index < -0.39 is 5.97 Å². The van der Waals surface area contributed by atoms with Gasteiger partial charge in [-0.15, -0.1) is 0 Å². The van der Waals surface area contributed by atoms with Crippen LogP contribution >= 0.6 is 0 Å². The molecule has 2 N–H and O–H groups in total. The van der Waals surface area contributed by atoms with Crippen LogP contribution in [0.1, 0.15) is 5.69 Å². The molecule has 0 atom stereocenters. The number of aliphatic carboxylic acids is 1. The Kier molecular flexibility index (Phi) is 3.38. The van der Waals surface area contributed by atoms with E-state index >= 15 is 0 Å². The van der Waals surface area contributed by atoms with E-state index in [1.165, 1.54) is 10.6 Å². The van der Waals surface area contributed by atoms with E-state index in [0.29, 0.717) is 11.3 Å². The van der Waals surface area contributed by atoms with Crippen molar-refractivity contribution in [3.05, 3.63) is 52.4 Å². The summed E-state index contributed by atoms with van der Waals surface area (Å²) in [7, 11) is 1.59. The van der Waals surface area contributed by atoms with Crippen molar-refractivity contribution in [3.8, 4) is 17.0 Å². The maximum Gasteiger partial charge on any atom is 0.309 e. The summed E-state index contributed by atoms with van der Waals surface area (Å²) in [5, 5.41) is 11.7. The molecule has 0 fully saturated rings. The quantitative estimate of drug-likeness (QED) is 0.757. The number of rotatable bonds is 4. The summed E-state index contributed by atoms with van der Waals surface area (Å²) in [5.74, 6) is -0.291. The fourth-order valence-corrected chi connectivity index (χ4v) is 2.20. The van der Waals surface area contributed by atoms with Gasteiger partial charge in [-0.05, 0) is 29.8 Å². The number of methoxy groups -OCH3 is 1.